The summed E-state index contributed by atoms with van der Waals surface area (Å²) in [5.74, 6) is 2.58. The van der Waals surface area contributed by atoms with Gasteiger partial charge in [-0.3, -0.25) is 19.6 Å². The fourth-order valence-corrected chi connectivity index (χ4v) is 9.51. The van der Waals surface area contributed by atoms with Crippen LogP contribution in [0.25, 0.3) is 0 Å². The van der Waals surface area contributed by atoms with Gasteiger partial charge in [0, 0.05) is 42.1 Å². The summed E-state index contributed by atoms with van der Waals surface area (Å²) in [5.41, 5.74) is -1.40. The lowest BCUT2D eigenvalue weighted by atomic mass is 9.84. The molecule has 1 aromatic rings. The van der Waals surface area contributed by atoms with Crippen molar-refractivity contribution in [1.29, 1.82) is 0 Å². The van der Waals surface area contributed by atoms with Crippen LogP contribution in [0, 0.1) is 23.2 Å². The summed E-state index contributed by atoms with van der Waals surface area (Å²) in [7, 11) is 0. The Bertz CT molecular complexity index is 1010. The monoisotopic (exact) mass is 597 g/mol. The van der Waals surface area contributed by atoms with Crippen molar-refractivity contribution in [2.24, 2.45) is 23.2 Å². The van der Waals surface area contributed by atoms with Gasteiger partial charge in [0.15, 0.2) is 0 Å². The summed E-state index contributed by atoms with van der Waals surface area (Å²) in [6.45, 7) is 7.02. The first-order valence-electron chi connectivity index (χ1n) is 16.3. The van der Waals surface area contributed by atoms with Crippen molar-refractivity contribution in [3.05, 3.63) is 12.3 Å². The zero-order valence-electron chi connectivity index (χ0n) is 24.9. The largest absolute Gasteiger partial charge is 0.477 e. The molecule has 7 atom stereocenters. The average Bonchev–Trinajstić information content (AvgIpc) is 3.48. The average molecular weight is 598 g/mol. The molecule has 0 aromatic carbocycles. The molecule has 5 fully saturated rings. The number of rotatable bonds is 5. The molecule has 0 radical (unpaired) electrons. The van der Waals surface area contributed by atoms with Crippen molar-refractivity contribution < 1.29 is 17.9 Å². The molecule has 2 saturated carbocycles. The van der Waals surface area contributed by atoms with E-state index in [1.165, 1.54) is 57.8 Å². The predicted molar refractivity (Wildman–Crippen MR) is 157 cm³/mol. The topological polar surface area (TPSA) is 54.4 Å². The number of aromatic nitrogens is 2. The van der Waals surface area contributed by atoms with Crippen LogP contribution in [0.2, 0.25) is 0 Å². The fraction of sp³-hybridized carbons (Fsp3) is 0.903. The van der Waals surface area contributed by atoms with Crippen molar-refractivity contribution in [3.8, 4) is 5.88 Å². The first kappa shape index (κ1) is 30.1. The number of piperidine rings is 1. The second-order valence-corrected chi connectivity index (χ2v) is 15.6. The highest BCUT2D eigenvalue weighted by Gasteiger charge is 2.62. The number of hydrogen-bond acceptors (Lipinski definition) is 6. The zero-order valence-corrected chi connectivity index (χ0v) is 25.7. The van der Waals surface area contributed by atoms with Crippen molar-refractivity contribution in [3.63, 3.8) is 0 Å². The molecule has 4 bridgehead atoms. The third-order valence-electron chi connectivity index (χ3n) is 11.0. The van der Waals surface area contributed by atoms with E-state index in [2.05, 4.69) is 33.9 Å². The van der Waals surface area contributed by atoms with Crippen LogP contribution in [-0.4, -0.2) is 57.5 Å². The maximum Gasteiger partial charge on any atom is 0.394 e. The molecule has 5 aliphatic rings. The lowest BCUT2D eigenvalue weighted by molar-refractivity contribution is -0.190. The SMILES string of the molecule is CC1(C)CC2CCCCC3CCCC(C3)SNCC3CCC(n4ccc(OCCC5(C(F)(F)F)CC5)n4)NC3N1C2. The normalized spacial score (nSPS) is 37.4. The van der Waals surface area contributed by atoms with Gasteiger partial charge in [0.25, 0.3) is 0 Å². The van der Waals surface area contributed by atoms with Gasteiger partial charge in [-0.2, -0.15) is 13.2 Å². The molecule has 0 amide bonds. The van der Waals surface area contributed by atoms with Crippen LogP contribution in [0.4, 0.5) is 13.2 Å². The Kier molecular flexibility index (Phi) is 8.95. The van der Waals surface area contributed by atoms with Gasteiger partial charge in [-0.05, 0) is 83.5 Å². The number of fused-ring (bicyclic) bond motifs is 6. The summed E-state index contributed by atoms with van der Waals surface area (Å²) in [6, 6.07) is 1.79. The third kappa shape index (κ3) is 6.91. The third-order valence-corrected chi connectivity index (χ3v) is 12.1. The Labute approximate surface area is 248 Å². The van der Waals surface area contributed by atoms with E-state index >= 15 is 0 Å². The molecule has 41 heavy (non-hydrogen) atoms. The standard InChI is InChI=1S/C31H50F3N5OS/c1-29(2)19-23-7-4-3-6-22-8-5-9-25(18-22)41-35-20-24-10-11-26(36-28(24)38(29)21-23)39-16-12-27(37-39)40-17-15-30(13-14-30)31(32,33)34/h12,16,22-26,28,35-36H,3-11,13-15,17-21H2,1-2H3. The summed E-state index contributed by atoms with van der Waals surface area (Å²) in [6.07, 6.45) is 12.8. The van der Waals surface area contributed by atoms with E-state index in [4.69, 9.17) is 4.74 Å². The number of alkyl halides is 3. The summed E-state index contributed by atoms with van der Waals surface area (Å²) in [4.78, 5) is 2.74. The maximum absolute atomic E-state index is 13.3. The van der Waals surface area contributed by atoms with Gasteiger partial charge in [-0.1, -0.05) is 44.1 Å². The van der Waals surface area contributed by atoms with E-state index in [1.54, 1.807) is 6.07 Å². The molecule has 1 aromatic heterocycles. The van der Waals surface area contributed by atoms with Gasteiger partial charge in [-0.25, -0.2) is 0 Å². The molecule has 10 heteroatoms. The highest BCUT2D eigenvalue weighted by atomic mass is 32.2. The fourth-order valence-electron chi connectivity index (χ4n) is 8.31. The lowest BCUT2D eigenvalue weighted by Gasteiger charge is -2.47. The molecule has 232 valence electrons. The highest BCUT2D eigenvalue weighted by molar-refractivity contribution is 7.98. The summed E-state index contributed by atoms with van der Waals surface area (Å²) < 4.78 is 51.3. The van der Waals surface area contributed by atoms with E-state index < -0.39 is 11.6 Å². The number of nitrogens with one attached hydrogen (secondary N) is 2. The second kappa shape index (κ2) is 12.2. The van der Waals surface area contributed by atoms with Gasteiger partial charge in [-0.15, -0.1) is 5.10 Å². The van der Waals surface area contributed by atoms with Crippen LogP contribution < -0.4 is 14.8 Å². The Morgan fingerprint density at radius 2 is 1.83 bits per heavy atom. The van der Waals surface area contributed by atoms with Gasteiger partial charge in [0.2, 0.25) is 5.88 Å². The molecule has 7 unspecified atom stereocenters. The van der Waals surface area contributed by atoms with Crippen LogP contribution >= 0.6 is 11.9 Å². The molecule has 3 aliphatic heterocycles. The molecule has 3 saturated heterocycles. The summed E-state index contributed by atoms with van der Waals surface area (Å²) in [5, 5.41) is 9.38. The number of halogens is 3. The first-order chi connectivity index (χ1) is 19.6. The van der Waals surface area contributed by atoms with Crippen LogP contribution in [0.3, 0.4) is 0 Å². The number of nitrogens with zero attached hydrogens (tertiary/aromatic N) is 3. The van der Waals surface area contributed by atoms with E-state index in [0.29, 0.717) is 11.8 Å². The lowest BCUT2D eigenvalue weighted by Crippen LogP contribution is -2.60. The Hall–Kier alpha value is -0.970. The van der Waals surface area contributed by atoms with E-state index in [9.17, 15) is 13.2 Å². The highest BCUT2D eigenvalue weighted by Crippen LogP contribution is 2.59. The van der Waals surface area contributed by atoms with Crippen LogP contribution in [-0.2, 0) is 0 Å². The Morgan fingerprint density at radius 1 is 1.05 bits per heavy atom. The van der Waals surface area contributed by atoms with Crippen molar-refractivity contribution in [2.75, 3.05) is 19.7 Å². The van der Waals surface area contributed by atoms with Crippen LogP contribution in [0.5, 0.6) is 5.88 Å². The minimum absolute atomic E-state index is 0.00648. The smallest absolute Gasteiger partial charge is 0.394 e. The van der Waals surface area contributed by atoms with E-state index in [0.717, 1.165) is 43.0 Å². The minimum atomic E-state index is -4.14. The van der Waals surface area contributed by atoms with E-state index in [-0.39, 0.29) is 43.7 Å². The van der Waals surface area contributed by atoms with Crippen molar-refractivity contribution in [1.82, 2.24) is 24.7 Å². The Balaban J connectivity index is 1.11. The van der Waals surface area contributed by atoms with Crippen LogP contribution in [0.1, 0.15) is 110 Å². The minimum Gasteiger partial charge on any atom is -0.477 e. The molecule has 0 spiro atoms. The zero-order chi connectivity index (χ0) is 28.7. The van der Waals surface area contributed by atoms with E-state index in [1.807, 2.05) is 22.8 Å². The van der Waals surface area contributed by atoms with Crippen LogP contribution in [0.15, 0.2) is 12.3 Å². The number of ether oxygens (including phenoxy) is 1. The molecule has 4 heterocycles. The maximum atomic E-state index is 13.3. The van der Waals surface area contributed by atoms with Gasteiger partial charge >= 0.3 is 6.18 Å². The molecule has 6 rings (SSSR count). The van der Waals surface area contributed by atoms with Gasteiger partial charge < -0.3 is 4.74 Å². The summed E-state index contributed by atoms with van der Waals surface area (Å²) >= 11 is 2.00. The quantitative estimate of drug-likeness (QED) is 0.348. The Morgan fingerprint density at radius 3 is 2.61 bits per heavy atom. The molecule has 2 aliphatic carbocycles. The second-order valence-electron chi connectivity index (χ2n) is 14.4. The van der Waals surface area contributed by atoms with Gasteiger partial charge in [0.05, 0.1) is 18.2 Å². The van der Waals surface area contributed by atoms with Crippen molar-refractivity contribution in [2.45, 2.75) is 133 Å². The molecular weight excluding hydrogens is 547 g/mol. The molecule has 2 N–H and O–H groups in total. The first-order valence-corrected chi connectivity index (χ1v) is 17.2. The van der Waals surface area contributed by atoms with Gasteiger partial charge in [0.1, 0.15) is 6.17 Å². The number of hydrogen-bond donors (Lipinski definition) is 2. The molecular formula is C31H50F3N5OS. The predicted octanol–water partition coefficient (Wildman–Crippen LogP) is 7.29. The molecule has 6 nitrogen and oxygen atoms in total. The van der Waals surface area contributed by atoms with Crippen molar-refractivity contribution >= 4 is 11.9 Å².